The summed E-state index contributed by atoms with van der Waals surface area (Å²) >= 11 is 6.13. The molecule has 25 heavy (non-hydrogen) atoms. The quantitative estimate of drug-likeness (QED) is 0.250. The second-order valence-corrected chi connectivity index (χ2v) is 12.9. The van der Waals surface area contributed by atoms with Crippen molar-refractivity contribution in [2.45, 2.75) is 52.8 Å². The van der Waals surface area contributed by atoms with Gasteiger partial charge in [-0.2, -0.15) is 0 Å². The van der Waals surface area contributed by atoms with Crippen LogP contribution in [0.4, 0.5) is 5.69 Å². The van der Waals surface area contributed by atoms with E-state index in [0.717, 1.165) is 0 Å². The van der Waals surface area contributed by atoms with E-state index in [1.165, 1.54) is 0 Å². The van der Waals surface area contributed by atoms with Gasteiger partial charge in [0.05, 0.1) is 16.6 Å². The molecule has 7 heteroatoms. The minimum absolute atomic E-state index is 0.0960. The Labute approximate surface area is 156 Å². The van der Waals surface area contributed by atoms with Gasteiger partial charge in [-0.1, -0.05) is 39.0 Å². The maximum Gasteiger partial charge on any atom is 0.315 e. The van der Waals surface area contributed by atoms with Crippen LogP contribution in [0.5, 0.6) is 5.75 Å². The van der Waals surface area contributed by atoms with Crippen LogP contribution in [0.15, 0.2) is 12.6 Å². The minimum Gasteiger partial charge on any atom is -0.484 e. The number of rotatable bonds is 7. The Morgan fingerprint density at radius 1 is 1.36 bits per heavy atom. The maximum absolute atomic E-state index is 11.5. The number of allylic oxidation sites excluding steroid dienone is 1. The zero-order valence-electron chi connectivity index (χ0n) is 16.2. The van der Waals surface area contributed by atoms with Crippen LogP contribution in [-0.4, -0.2) is 26.5 Å². The van der Waals surface area contributed by atoms with Gasteiger partial charge >= 0.3 is 5.69 Å². The summed E-state index contributed by atoms with van der Waals surface area (Å²) in [6.45, 7) is 18.6. The fourth-order valence-corrected chi connectivity index (χ4v) is 3.28. The van der Waals surface area contributed by atoms with Gasteiger partial charge in [-0.3, -0.25) is 10.1 Å². The molecule has 140 valence electrons. The van der Waals surface area contributed by atoms with Gasteiger partial charge < -0.3 is 9.16 Å². The molecule has 0 heterocycles. The van der Waals surface area contributed by atoms with E-state index >= 15 is 0 Å². The Morgan fingerprint density at radius 3 is 2.36 bits per heavy atom. The molecule has 0 aliphatic carbocycles. The van der Waals surface area contributed by atoms with Crippen LogP contribution in [-0.2, 0) is 4.43 Å². The lowest BCUT2D eigenvalue weighted by atomic mass is 10.0. The minimum atomic E-state index is -1.89. The van der Waals surface area contributed by atoms with E-state index in [1.54, 1.807) is 19.9 Å². The Bertz CT molecular complexity index is 681. The zero-order chi connectivity index (χ0) is 19.6. The van der Waals surface area contributed by atoms with E-state index in [0.29, 0.717) is 28.3 Å². The molecule has 0 unspecified atom stereocenters. The predicted molar refractivity (Wildman–Crippen MR) is 106 cm³/mol. The summed E-state index contributed by atoms with van der Waals surface area (Å²) in [5.41, 5.74) is 1.48. The molecule has 0 fully saturated rings. The molecular weight excluding hydrogens is 358 g/mol. The molecule has 0 aliphatic rings. The SMILES string of the molecule is C=C(C)c1cc(Cl)c(C)c([N+](=O)[O-])c1OCCO[Si](C)(C)C(C)(C)C. The van der Waals surface area contributed by atoms with Gasteiger partial charge in [-0.15, -0.1) is 0 Å². The van der Waals surface area contributed by atoms with Gasteiger partial charge in [0, 0.05) is 11.1 Å². The monoisotopic (exact) mass is 385 g/mol. The third kappa shape index (κ3) is 5.06. The second kappa shape index (κ2) is 7.89. The van der Waals surface area contributed by atoms with Crippen LogP contribution >= 0.6 is 11.6 Å². The van der Waals surface area contributed by atoms with Crippen molar-refractivity contribution in [1.82, 2.24) is 0 Å². The molecule has 0 saturated carbocycles. The lowest BCUT2D eigenvalue weighted by Crippen LogP contribution is -2.41. The molecule has 0 bridgehead atoms. The molecule has 0 aromatic heterocycles. The molecule has 0 N–H and O–H groups in total. The first-order valence-corrected chi connectivity index (χ1v) is 11.5. The molecule has 1 aromatic rings. The number of nitro benzene ring substituents is 1. The molecule has 0 amide bonds. The van der Waals surface area contributed by atoms with Crippen LogP contribution in [0.1, 0.15) is 38.8 Å². The Morgan fingerprint density at radius 2 is 1.92 bits per heavy atom. The van der Waals surface area contributed by atoms with Gasteiger partial charge in [0.2, 0.25) is 5.75 Å². The molecule has 0 aliphatic heterocycles. The summed E-state index contributed by atoms with van der Waals surface area (Å²) in [6.07, 6.45) is 0. The molecule has 0 saturated heterocycles. The van der Waals surface area contributed by atoms with Crippen LogP contribution in [0.2, 0.25) is 23.2 Å². The van der Waals surface area contributed by atoms with E-state index in [1.807, 2.05) is 0 Å². The summed E-state index contributed by atoms with van der Waals surface area (Å²) in [4.78, 5) is 11.0. The molecule has 1 rings (SSSR count). The van der Waals surface area contributed by atoms with Crippen molar-refractivity contribution in [2.75, 3.05) is 13.2 Å². The highest BCUT2D eigenvalue weighted by atomic mass is 35.5. The van der Waals surface area contributed by atoms with Crippen molar-refractivity contribution in [2.24, 2.45) is 0 Å². The summed E-state index contributed by atoms with van der Waals surface area (Å²) in [6, 6.07) is 1.66. The lowest BCUT2D eigenvalue weighted by molar-refractivity contribution is -0.386. The molecule has 5 nitrogen and oxygen atoms in total. The number of ether oxygens (including phenoxy) is 1. The van der Waals surface area contributed by atoms with Crippen LogP contribution in [0.25, 0.3) is 5.57 Å². The number of halogens is 1. The van der Waals surface area contributed by atoms with E-state index in [-0.39, 0.29) is 23.1 Å². The van der Waals surface area contributed by atoms with Crippen molar-refractivity contribution >= 4 is 31.2 Å². The fourth-order valence-electron chi connectivity index (χ4n) is 2.05. The van der Waals surface area contributed by atoms with Crippen molar-refractivity contribution < 1.29 is 14.1 Å². The van der Waals surface area contributed by atoms with Crippen molar-refractivity contribution in [3.63, 3.8) is 0 Å². The van der Waals surface area contributed by atoms with Crippen molar-refractivity contribution in [3.05, 3.63) is 38.9 Å². The topological polar surface area (TPSA) is 61.6 Å². The number of hydrogen-bond acceptors (Lipinski definition) is 4. The van der Waals surface area contributed by atoms with E-state index in [2.05, 4.69) is 40.4 Å². The molecule has 1 aromatic carbocycles. The summed E-state index contributed by atoms with van der Waals surface area (Å²) in [7, 11) is -1.89. The van der Waals surface area contributed by atoms with Gasteiger partial charge in [0.1, 0.15) is 6.61 Å². The third-order valence-corrected chi connectivity index (χ3v) is 9.62. The first-order valence-electron chi connectivity index (χ1n) is 8.19. The third-order valence-electron chi connectivity index (χ3n) is 4.69. The number of benzene rings is 1. The van der Waals surface area contributed by atoms with Crippen LogP contribution in [0, 0.1) is 17.0 Å². The van der Waals surface area contributed by atoms with Crippen molar-refractivity contribution in [3.8, 4) is 5.75 Å². The predicted octanol–water partition coefficient (Wildman–Crippen LogP) is 5.99. The number of nitrogens with zero attached hydrogens (tertiary/aromatic N) is 1. The maximum atomic E-state index is 11.5. The Balaban J connectivity index is 3.04. The highest BCUT2D eigenvalue weighted by molar-refractivity contribution is 6.74. The van der Waals surface area contributed by atoms with E-state index < -0.39 is 13.2 Å². The second-order valence-electron chi connectivity index (χ2n) is 7.70. The molecule has 0 atom stereocenters. The standard InChI is InChI=1S/C18H28ClNO4Si/c1-12(2)14-11-15(19)13(3)16(20(21)22)17(14)23-9-10-24-25(7,8)18(4,5)6/h11H,1,9-10H2,2-8H3. The van der Waals surface area contributed by atoms with E-state index in [9.17, 15) is 10.1 Å². The normalized spacial score (nSPS) is 12.2. The highest BCUT2D eigenvalue weighted by Crippen LogP contribution is 2.41. The lowest BCUT2D eigenvalue weighted by Gasteiger charge is -2.36. The Kier molecular flexibility index (Phi) is 6.84. The first-order chi connectivity index (χ1) is 11.3. The number of hydrogen-bond donors (Lipinski definition) is 0. The Hall–Kier alpha value is -1.37. The van der Waals surface area contributed by atoms with Gasteiger partial charge in [-0.25, -0.2) is 0 Å². The van der Waals surface area contributed by atoms with Gasteiger partial charge in [-0.05, 0) is 43.6 Å². The van der Waals surface area contributed by atoms with Gasteiger partial charge in [0.25, 0.3) is 0 Å². The highest BCUT2D eigenvalue weighted by Gasteiger charge is 2.37. The van der Waals surface area contributed by atoms with Crippen LogP contribution < -0.4 is 4.74 Å². The van der Waals surface area contributed by atoms with Crippen LogP contribution in [0.3, 0.4) is 0 Å². The van der Waals surface area contributed by atoms with Gasteiger partial charge in [0.15, 0.2) is 8.32 Å². The van der Waals surface area contributed by atoms with Crippen molar-refractivity contribution in [1.29, 1.82) is 0 Å². The summed E-state index contributed by atoms with van der Waals surface area (Å²) in [5, 5.41) is 11.9. The summed E-state index contributed by atoms with van der Waals surface area (Å²) in [5.74, 6) is 0.207. The average molecular weight is 386 g/mol. The molecule has 0 radical (unpaired) electrons. The average Bonchev–Trinajstić information content (AvgIpc) is 2.44. The molecule has 0 spiro atoms. The largest absolute Gasteiger partial charge is 0.484 e. The first kappa shape index (κ1) is 21.7. The zero-order valence-corrected chi connectivity index (χ0v) is 17.9. The summed E-state index contributed by atoms with van der Waals surface area (Å²) < 4.78 is 11.8. The van der Waals surface area contributed by atoms with E-state index in [4.69, 9.17) is 20.8 Å². The fraction of sp³-hybridized carbons (Fsp3) is 0.556. The number of nitro groups is 1. The molecular formula is C18H28ClNO4Si. The smallest absolute Gasteiger partial charge is 0.315 e.